The lowest BCUT2D eigenvalue weighted by atomic mass is 10.1. The van der Waals surface area contributed by atoms with Gasteiger partial charge in [0.05, 0.1) is 5.39 Å². The van der Waals surface area contributed by atoms with Crippen molar-refractivity contribution in [2.45, 2.75) is 6.92 Å². The number of benzene rings is 2. The Morgan fingerprint density at radius 1 is 1.00 bits per heavy atom. The summed E-state index contributed by atoms with van der Waals surface area (Å²) in [4.78, 5) is 35.9. The van der Waals surface area contributed by atoms with Crippen LogP contribution < -0.4 is 16.4 Å². The van der Waals surface area contributed by atoms with Crippen molar-refractivity contribution in [2.75, 3.05) is 0 Å². The second kappa shape index (κ2) is 7.43. The van der Waals surface area contributed by atoms with Crippen molar-refractivity contribution in [3.05, 3.63) is 81.8 Å². The molecule has 2 aromatic carbocycles. The number of nitrogens with one attached hydrogen (secondary N) is 3. The number of nitrogens with zero attached hydrogens (tertiary/aromatic N) is 1. The summed E-state index contributed by atoms with van der Waals surface area (Å²) in [7, 11) is 0. The predicted octanol–water partition coefficient (Wildman–Crippen LogP) is 1.71. The van der Waals surface area contributed by atoms with Gasteiger partial charge in [0.1, 0.15) is 0 Å². The van der Waals surface area contributed by atoms with Crippen LogP contribution in [0.15, 0.2) is 59.4 Å². The molecule has 0 saturated heterocycles. The fraction of sp³-hybridized carbons (Fsp3) is 0.0526. The van der Waals surface area contributed by atoms with Gasteiger partial charge in [-0.3, -0.25) is 25.2 Å². The Morgan fingerprint density at radius 3 is 2.46 bits per heavy atom. The van der Waals surface area contributed by atoms with Crippen LogP contribution in [-0.4, -0.2) is 22.0 Å². The number of carbonyl (C=O) groups is 2. The van der Waals surface area contributed by atoms with E-state index in [2.05, 4.69) is 21.0 Å². The fourth-order valence-corrected chi connectivity index (χ4v) is 2.45. The van der Waals surface area contributed by atoms with E-state index in [9.17, 15) is 14.4 Å². The summed E-state index contributed by atoms with van der Waals surface area (Å²) >= 11 is 0. The minimum Gasteiger partial charge on any atom is -0.268 e. The molecule has 0 unspecified atom stereocenters. The minimum absolute atomic E-state index is 0.0170. The molecule has 0 fully saturated rings. The number of aromatic amines is 1. The van der Waals surface area contributed by atoms with Crippen LogP contribution in [0.25, 0.3) is 16.8 Å². The standard InChI is InChI=1S/C19H16N4O3/c1-12-6-2-3-7-13(12)10-11-16(24)20-23-19(26)17-14-8-4-5-9-15(14)18(25)22-21-17/h2-11H,1H3,(H,20,24)(H,22,25)(H,23,26)/b11-10+. The second-order valence-electron chi connectivity index (χ2n) is 5.58. The molecule has 2 amide bonds. The Kier molecular flexibility index (Phi) is 4.89. The van der Waals surface area contributed by atoms with Crippen LogP contribution in [0, 0.1) is 6.92 Å². The lowest BCUT2D eigenvalue weighted by Crippen LogP contribution is -2.41. The largest absolute Gasteiger partial charge is 0.290 e. The molecule has 26 heavy (non-hydrogen) atoms. The summed E-state index contributed by atoms with van der Waals surface area (Å²) in [6.07, 6.45) is 2.98. The normalized spacial score (nSPS) is 10.8. The van der Waals surface area contributed by atoms with Gasteiger partial charge in [-0.05, 0) is 30.2 Å². The van der Waals surface area contributed by atoms with E-state index in [1.165, 1.54) is 6.08 Å². The summed E-state index contributed by atoms with van der Waals surface area (Å²) in [6, 6.07) is 14.2. The average Bonchev–Trinajstić information content (AvgIpc) is 2.66. The number of H-pyrrole nitrogens is 1. The highest BCUT2D eigenvalue weighted by atomic mass is 16.2. The van der Waals surface area contributed by atoms with E-state index in [-0.39, 0.29) is 11.3 Å². The van der Waals surface area contributed by atoms with Crippen LogP contribution in [0.3, 0.4) is 0 Å². The Balaban J connectivity index is 1.70. The molecule has 0 aliphatic rings. The third-order valence-electron chi connectivity index (χ3n) is 3.81. The molecule has 7 heteroatoms. The molecule has 0 saturated carbocycles. The van der Waals surface area contributed by atoms with Gasteiger partial charge in [-0.15, -0.1) is 0 Å². The molecular formula is C19H16N4O3. The highest BCUT2D eigenvalue weighted by Crippen LogP contribution is 2.12. The van der Waals surface area contributed by atoms with Crippen LogP contribution in [0.5, 0.6) is 0 Å². The van der Waals surface area contributed by atoms with Crippen molar-refractivity contribution >= 4 is 28.7 Å². The van der Waals surface area contributed by atoms with E-state index in [4.69, 9.17) is 0 Å². The Hall–Kier alpha value is -3.74. The number of rotatable bonds is 3. The number of hydrogen-bond acceptors (Lipinski definition) is 4. The number of hydrazine groups is 1. The number of aryl methyl sites for hydroxylation is 1. The molecule has 3 N–H and O–H groups in total. The van der Waals surface area contributed by atoms with E-state index in [1.54, 1.807) is 30.3 Å². The quantitative estimate of drug-likeness (QED) is 0.495. The number of hydrogen-bond donors (Lipinski definition) is 3. The zero-order valence-electron chi connectivity index (χ0n) is 13.9. The molecule has 0 spiro atoms. The third kappa shape index (κ3) is 3.67. The summed E-state index contributed by atoms with van der Waals surface area (Å²) < 4.78 is 0. The van der Waals surface area contributed by atoms with Crippen LogP contribution >= 0.6 is 0 Å². The molecule has 3 aromatic rings. The molecule has 7 nitrogen and oxygen atoms in total. The molecule has 0 aliphatic heterocycles. The molecule has 130 valence electrons. The van der Waals surface area contributed by atoms with Crippen molar-refractivity contribution in [2.24, 2.45) is 0 Å². The average molecular weight is 348 g/mol. The number of aromatic nitrogens is 2. The van der Waals surface area contributed by atoms with E-state index in [1.807, 2.05) is 31.2 Å². The summed E-state index contributed by atoms with van der Waals surface area (Å²) in [5, 5.41) is 6.79. The van der Waals surface area contributed by atoms with E-state index < -0.39 is 11.8 Å². The molecule has 0 atom stereocenters. The van der Waals surface area contributed by atoms with Gasteiger partial charge in [-0.1, -0.05) is 42.5 Å². The van der Waals surface area contributed by atoms with Gasteiger partial charge in [-0.25, -0.2) is 5.10 Å². The Bertz CT molecular complexity index is 1070. The van der Waals surface area contributed by atoms with Crippen molar-refractivity contribution in [3.63, 3.8) is 0 Å². The van der Waals surface area contributed by atoms with Gasteiger partial charge in [0, 0.05) is 11.5 Å². The van der Waals surface area contributed by atoms with E-state index >= 15 is 0 Å². The zero-order valence-corrected chi connectivity index (χ0v) is 13.9. The van der Waals surface area contributed by atoms with Crippen LogP contribution in [0.2, 0.25) is 0 Å². The van der Waals surface area contributed by atoms with Gasteiger partial charge < -0.3 is 0 Å². The first-order chi connectivity index (χ1) is 12.6. The maximum Gasteiger partial charge on any atom is 0.290 e. The topological polar surface area (TPSA) is 104 Å². The summed E-state index contributed by atoms with van der Waals surface area (Å²) in [5.41, 5.74) is 6.15. The van der Waals surface area contributed by atoms with Crippen molar-refractivity contribution in [1.82, 2.24) is 21.0 Å². The van der Waals surface area contributed by atoms with E-state index in [0.717, 1.165) is 11.1 Å². The first kappa shape index (κ1) is 17.1. The first-order valence-corrected chi connectivity index (χ1v) is 7.87. The second-order valence-corrected chi connectivity index (χ2v) is 5.58. The number of amides is 2. The molecule has 1 aromatic heterocycles. The highest BCUT2D eigenvalue weighted by Gasteiger charge is 2.14. The van der Waals surface area contributed by atoms with Gasteiger partial charge in [-0.2, -0.15) is 5.10 Å². The van der Waals surface area contributed by atoms with Gasteiger partial charge in [0.15, 0.2) is 5.69 Å². The maximum absolute atomic E-state index is 12.3. The van der Waals surface area contributed by atoms with Crippen LogP contribution in [0.4, 0.5) is 0 Å². The molecule has 0 bridgehead atoms. The van der Waals surface area contributed by atoms with Crippen molar-refractivity contribution in [3.8, 4) is 0 Å². The van der Waals surface area contributed by atoms with Crippen molar-refractivity contribution in [1.29, 1.82) is 0 Å². The van der Waals surface area contributed by atoms with Crippen LogP contribution in [0.1, 0.15) is 21.6 Å². The zero-order chi connectivity index (χ0) is 18.5. The molecule has 0 aliphatic carbocycles. The predicted molar refractivity (Wildman–Crippen MR) is 98.2 cm³/mol. The van der Waals surface area contributed by atoms with Crippen LogP contribution in [-0.2, 0) is 4.79 Å². The maximum atomic E-state index is 12.3. The Morgan fingerprint density at radius 2 is 1.69 bits per heavy atom. The first-order valence-electron chi connectivity index (χ1n) is 7.87. The minimum atomic E-state index is -0.630. The fourth-order valence-electron chi connectivity index (χ4n) is 2.45. The highest BCUT2D eigenvalue weighted by molar-refractivity contribution is 6.05. The molecular weight excluding hydrogens is 332 g/mol. The monoisotopic (exact) mass is 348 g/mol. The van der Waals surface area contributed by atoms with Crippen molar-refractivity contribution < 1.29 is 9.59 Å². The third-order valence-corrected chi connectivity index (χ3v) is 3.81. The molecule has 0 radical (unpaired) electrons. The summed E-state index contributed by atoms with van der Waals surface area (Å²) in [5.74, 6) is -1.12. The lowest BCUT2D eigenvalue weighted by molar-refractivity contribution is -0.117. The molecule has 3 rings (SSSR count). The number of carbonyl (C=O) groups excluding carboxylic acids is 2. The SMILES string of the molecule is Cc1ccccc1/C=C/C(=O)NNC(=O)c1n[nH]c(=O)c2ccccc12. The van der Waals surface area contributed by atoms with Gasteiger partial charge >= 0.3 is 0 Å². The molecule has 1 heterocycles. The van der Waals surface area contributed by atoms with Gasteiger partial charge in [0.25, 0.3) is 17.4 Å². The van der Waals surface area contributed by atoms with E-state index in [0.29, 0.717) is 10.8 Å². The summed E-state index contributed by atoms with van der Waals surface area (Å²) in [6.45, 7) is 1.94. The number of fused-ring (bicyclic) bond motifs is 1. The smallest absolute Gasteiger partial charge is 0.268 e. The lowest BCUT2D eigenvalue weighted by Gasteiger charge is -2.06. The van der Waals surface area contributed by atoms with Gasteiger partial charge in [0.2, 0.25) is 0 Å². The Labute approximate surface area is 148 Å².